The van der Waals surface area contributed by atoms with Gasteiger partial charge < -0.3 is 0 Å². The molecule has 0 spiro atoms. The topological polar surface area (TPSA) is 12.4 Å². The first kappa shape index (κ1) is 16.9. The molecule has 0 saturated heterocycles. The Kier molecular flexibility index (Phi) is 5.84. The van der Waals surface area contributed by atoms with Crippen molar-refractivity contribution < 1.29 is 13.2 Å². The van der Waals surface area contributed by atoms with E-state index in [4.69, 9.17) is 0 Å². The summed E-state index contributed by atoms with van der Waals surface area (Å²) in [6.45, 7) is 8.80. The fourth-order valence-corrected chi connectivity index (χ4v) is 1.54. The Bertz CT molecular complexity index is 371. The second kappa shape index (κ2) is 6.21. The quantitative estimate of drug-likeness (QED) is 0.501. The molecule has 0 aromatic carbocycles. The fourth-order valence-electron chi connectivity index (χ4n) is 1.54. The molecule has 18 heavy (non-hydrogen) atoms. The van der Waals surface area contributed by atoms with E-state index in [2.05, 4.69) is 4.99 Å². The van der Waals surface area contributed by atoms with Gasteiger partial charge in [0.1, 0.15) is 0 Å². The Morgan fingerprint density at radius 3 is 2.00 bits per heavy atom. The standard InChI is InChI=1S/C14H22F3N/c1-7-13(4,5)8-10(2)12(9-18-6)11(3)14(15,16)17/h8-9H,7H2,1-6H3/b10-8+,12-11-,18-9-. The van der Waals surface area contributed by atoms with Gasteiger partial charge in [0.25, 0.3) is 0 Å². The van der Waals surface area contributed by atoms with Crippen molar-refractivity contribution in [1.29, 1.82) is 0 Å². The number of halogens is 3. The van der Waals surface area contributed by atoms with Crippen molar-refractivity contribution in [2.45, 2.75) is 47.2 Å². The summed E-state index contributed by atoms with van der Waals surface area (Å²) < 4.78 is 38.3. The van der Waals surface area contributed by atoms with Gasteiger partial charge in [0, 0.05) is 24.4 Å². The van der Waals surface area contributed by atoms with Crippen molar-refractivity contribution in [3.63, 3.8) is 0 Å². The molecule has 0 N–H and O–H groups in total. The van der Waals surface area contributed by atoms with Crippen molar-refractivity contribution in [2.24, 2.45) is 10.4 Å². The number of rotatable bonds is 4. The third kappa shape index (κ3) is 5.07. The van der Waals surface area contributed by atoms with Gasteiger partial charge in [-0.1, -0.05) is 26.8 Å². The van der Waals surface area contributed by atoms with Crippen LogP contribution in [0.4, 0.5) is 13.2 Å². The molecule has 0 radical (unpaired) electrons. The van der Waals surface area contributed by atoms with Gasteiger partial charge in [-0.25, -0.2) is 0 Å². The second-order valence-corrected chi connectivity index (χ2v) is 5.09. The van der Waals surface area contributed by atoms with Gasteiger partial charge in [-0.3, -0.25) is 4.99 Å². The number of alkyl halides is 3. The van der Waals surface area contributed by atoms with E-state index in [9.17, 15) is 13.2 Å². The highest BCUT2D eigenvalue weighted by Gasteiger charge is 2.32. The van der Waals surface area contributed by atoms with E-state index in [1.807, 2.05) is 26.8 Å². The van der Waals surface area contributed by atoms with Gasteiger partial charge in [-0.15, -0.1) is 0 Å². The zero-order valence-corrected chi connectivity index (χ0v) is 11.9. The Morgan fingerprint density at radius 1 is 1.17 bits per heavy atom. The molecule has 0 aliphatic heterocycles. The number of hydrogen-bond acceptors (Lipinski definition) is 1. The molecule has 1 nitrogen and oxygen atoms in total. The molecule has 0 atom stereocenters. The Balaban J connectivity index is 5.68. The highest BCUT2D eigenvalue weighted by Crippen LogP contribution is 2.32. The maximum absolute atomic E-state index is 12.8. The summed E-state index contributed by atoms with van der Waals surface area (Å²) in [7, 11) is 1.47. The summed E-state index contributed by atoms with van der Waals surface area (Å²) in [5, 5.41) is 0. The van der Waals surface area contributed by atoms with E-state index < -0.39 is 11.7 Å². The van der Waals surface area contributed by atoms with E-state index >= 15 is 0 Å². The first-order valence-corrected chi connectivity index (χ1v) is 5.95. The molecule has 0 fully saturated rings. The molecule has 0 unspecified atom stereocenters. The minimum absolute atomic E-state index is 0.122. The maximum atomic E-state index is 12.8. The highest BCUT2D eigenvalue weighted by atomic mass is 19.4. The Hall–Kier alpha value is -1.06. The van der Waals surface area contributed by atoms with E-state index in [1.165, 1.54) is 13.3 Å². The van der Waals surface area contributed by atoms with E-state index in [1.54, 1.807) is 6.92 Å². The van der Waals surface area contributed by atoms with Crippen LogP contribution in [0.25, 0.3) is 0 Å². The first-order chi connectivity index (χ1) is 8.05. The molecular formula is C14H22F3N. The molecule has 0 rings (SSSR count). The van der Waals surface area contributed by atoms with Crippen LogP contribution in [0.2, 0.25) is 0 Å². The van der Waals surface area contributed by atoms with Crippen LogP contribution in [0.5, 0.6) is 0 Å². The molecule has 0 saturated carbocycles. The highest BCUT2D eigenvalue weighted by molar-refractivity contribution is 5.85. The molecule has 0 amide bonds. The Morgan fingerprint density at radius 2 is 1.67 bits per heavy atom. The maximum Gasteiger partial charge on any atom is 0.413 e. The average Bonchev–Trinajstić information content (AvgIpc) is 2.23. The predicted octanol–water partition coefficient (Wildman–Crippen LogP) is 4.95. The molecule has 0 aromatic heterocycles. The predicted molar refractivity (Wildman–Crippen MR) is 71.0 cm³/mol. The number of nitrogens with zero attached hydrogens (tertiary/aromatic N) is 1. The normalized spacial score (nSPS) is 16.2. The lowest BCUT2D eigenvalue weighted by Crippen LogP contribution is -2.14. The van der Waals surface area contributed by atoms with Crippen molar-refractivity contribution in [3.8, 4) is 0 Å². The molecule has 4 heteroatoms. The summed E-state index contributed by atoms with van der Waals surface area (Å²) in [6, 6.07) is 0. The second-order valence-electron chi connectivity index (χ2n) is 5.09. The molecule has 104 valence electrons. The molecular weight excluding hydrogens is 239 g/mol. The van der Waals surface area contributed by atoms with Gasteiger partial charge in [0.15, 0.2) is 0 Å². The summed E-state index contributed by atoms with van der Waals surface area (Å²) in [4.78, 5) is 3.72. The number of allylic oxidation sites excluding steroid dienone is 4. The van der Waals surface area contributed by atoms with Crippen LogP contribution in [0, 0.1) is 5.41 Å². The first-order valence-electron chi connectivity index (χ1n) is 5.95. The lowest BCUT2D eigenvalue weighted by atomic mass is 9.86. The molecule has 0 aromatic rings. The summed E-state index contributed by atoms with van der Waals surface area (Å²) in [5.41, 5.74) is 0.0468. The monoisotopic (exact) mass is 261 g/mol. The van der Waals surface area contributed by atoms with Crippen molar-refractivity contribution >= 4 is 6.21 Å². The summed E-state index contributed by atoms with van der Waals surface area (Å²) in [5.74, 6) is 0. The van der Waals surface area contributed by atoms with Gasteiger partial charge in [-0.2, -0.15) is 13.2 Å². The number of hydrogen-bond donors (Lipinski definition) is 0. The van der Waals surface area contributed by atoms with E-state index in [-0.39, 0.29) is 11.0 Å². The largest absolute Gasteiger partial charge is 0.413 e. The average molecular weight is 261 g/mol. The minimum Gasteiger partial charge on any atom is -0.296 e. The Labute approximate surface area is 107 Å². The van der Waals surface area contributed by atoms with E-state index in [0.29, 0.717) is 5.57 Å². The minimum atomic E-state index is -4.32. The summed E-state index contributed by atoms with van der Waals surface area (Å²) in [6.07, 6.45) is -0.298. The molecule has 0 aliphatic rings. The van der Waals surface area contributed by atoms with Crippen LogP contribution in [0.1, 0.15) is 41.0 Å². The van der Waals surface area contributed by atoms with Gasteiger partial charge >= 0.3 is 6.18 Å². The van der Waals surface area contributed by atoms with Gasteiger partial charge in [0.2, 0.25) is 0 Å². The molecule has 0 aliphatic carbocycles. The SMILES string of the molecule is CCC(C)(C)/C=C(C)/C(/C=N\C)=C(/C)C(F)(F)F. The summed E-state index contributed by atoms with van der Waals surface area (Å²) >= 11 is 0. The van der Waals surface area contributed by atoms with Crippen molar-refractivity contribution in [2.75, 3.05) is 7.05 Å². The van der Waals surface area contributed by atoms with Crippen molar-refractivity contribution in [3.05, 3.63) is 22.8 Å². The third-order valence-electron chi connectivity index (χ3n) is 3.03. The van der Waals surface area contributed by atoms with Crippen LogP contribution in [0.3, 0.4) is 0 Å². The zero-order chi connectivity index (χ0) is 14.6. The van der Waals surface area contributed by atoms with Crippen molar-refractivity contribution in [1.82, 2.24) is 0 Å². The van der Waals surface area contributed by atoms with Crippen LogP contribution in [0.15, 0.2) is 27.8 Å². The van der Waals surface area contributed by atoms with Crippen LogP contribution in [-0.4, -0.2) is 19.4 Å². The van der Waals surface area contributed by atoms with Gasteiger partial charge in [0.05, 0.1) is 0 Å². The molecule has 0 heterocycles. The smallest absolute Gasteiger partial charge is 0.296 e. The lowest BCUT2D eigenvalue weighted by molar-refractivity contribution is -0.0916. The van der Waals surface area contributed by atoms with Crippen LogP contribution in [-0.2, 0) is 0 Å². The third-order valence-corrected chi connectivity index (χ3v) is 3.03. The molecule has 0 bridgehead atoms. The zero-order valence-electron chi connectivity index (χ0n) is 11.9. The van der Waals surface area contributed by atoms with Crippen LogP contribution >= 0.6 is 0 Å². The lowest BCUT2D eigenvalue weighted by Gasteiger charge is -2.20. The van der Waals surface area contributed by atoms with Crippen LogP contribution < -0.4 is 0 Å². The fraction of sp³-hybridized carbons (Fsp3) is 0.643. The van der Waals surface area contributed by atoms with E-state index in [0.717, 1.165) is 13.3 Å². The van der Waals surface area contributed by atoms with Gasteiger partial charge in [-0.05, 0) is 31.3 Å². The number of aliphatic imine (C=N–C) groups is 1.